The number of nitrogens with two attached hydrogens (primary N) is 1. The van der Waals surface area contributed by atoms with E-state index in [9.17, 15) is 13.6 Å². The molecule has 9 heteroatoms. The first-order valence-electron chi connectivity index (χ1n) is 8.46. The molecule has 1 amide bonds. The summed E-state index contributed by atoms with van der Waals surface area (Å²) in [4.78, 5) is 14.3. The topological polar surface area (TPSA) is 84.1 Å². The van der Waals surface area contributed by atoms with Gasteiger partial charge in [0.2, 0.25) is 16.2 Å². The summed E-state index contributed by atoms with van der Waals surface area (Å²) in [6, 6.07) is 2.77. The Labute approximate surface area is 154 Å². The number of likely N-dealkylation sites (tertiary alicyclic amines) is 1. The van der Waals surface area contributed by atoms with Gasteiger partial charge in [0.15, 0.2) is 0 Å². The van der Waals surface area contributed by atoms with Gasteiger partial charge in [0.25, 0.3) is 0 Å². The number of carbonyl (C=O) groups is 1. The number of amides is 1. The van der Waals surface area contributed by atoms with Gasteiger partial charge in [-0.05, 0) is 49.9 Å². The van der Waals surface area contributed by atoms with E-state index in [0.29, 0.717) is 35.3 Å². The van der Waals surface area contributed by atoms with Crippen molar-refractivity contribution in [3.8, 4) is 0 Å². The summed E-state index contributed by atoms with van der Waals surface area (Å²) in [6.45, 7) is 3.46. The molecule has 1 aromatic heterocycles. The number of rotatable bonds is 5. The maximum atomic E-state index is 13.7. The maximum Gasteiger partial charge on any atom is 0.226 e. The number of anilines is 2. The molecule has 0 bridgehead atoms. The first-order chi connectivity index (χ1) is 12.4. The van der Waals surface area contributed by atoms with Crippen LogP contribution in [0.4, 0.5) is 19.0 Å². The molecule has 1 aliphatic heterocycles. The minimum atomic E-state index is -0.524. The fourth-order valence-electron chi connectivity index (χ4n) is 3.23. The van der Waals surface area contributed by atoms with Gasteiger partial charge < -0.3 is 11.1 Å². The van der Waals surface area contributed by atoms with Crippen molar-refractivity contribution >= 4 is 27.5 Å². The van der Waals surface area contributed by atoms with Gasteiger partial charge in [-0.2, -0.15) is 0 Å². The van der Waals surface area contributed by atoms with Crippen LogP contribution >= 0.6 is 11.3 Å². The Balaban J connectivity index is 1.54. The van der Waals surface area contributed by atoms with Crippen molar-refractivity contribution in [2.75, 3.05) is 24.1 Å². The normalized spacial score (nSPS) is 18.0. The summed E-state index contributed by atoms with van der Waals surface area (Å²) in [5.41, 5.74) is 6.15. The van der Waals surface area contributed by atoms with Gasteiger partial charge in [0, 0.05) is 25.1 Å². The molecule has 1 fully saturated rings. The molecule has 140 valence electrons. The number of hydrogen-bond donors (Lipinski definition) is 2. The van der Waals surface area contributed by atoms with E-state index in [1.807, 2.05) is 0 Å². The number of hydrogen-bond acceptors (Lipinski definition) is 6. The van der Waals surface area contributed by atoms with Crippen LogP contribution in [0.1, 0.15) is 30.4 Å². The summed E-state index contributed by atoms with van der Waals surface area (Å²) in [5, 5.41) is 10.8. The van der Waals surface area contributed by atoms with Gasteiger partial charge >= 0.3 is 0 Å². The molecule has 3 rings (SSSR count). The number of piperidine rings is 1. The number of aromatic nitrogens is 2. The molecule has 26 heavy (non-hydrogen) atoms. The van der Waals surface area contributed by atoms with Crippen LogP contribution in [0.5, 0.6) is 0 Å². The third-order valence-electron chi connectivity index (χ3n) is 4.51. The monoisotopic (exact) mass is 381 g/mol. The summed E-state index contributed by atoms with van der Waals surface area (Å²) in [5.74, 6) is -0.983. The third kappa shape index (κ3) is 4.73. The summed E-state index contributed by atoms with van der Waals surface area (Å²) in [7, 11) is 0. The van der Waals surface area contributed by atoms with Crippen molar-refractivity contribution in [3.05, 3.63) is 34.9 Å². The van der Waals surface area contributed by atoms with E-state index in [1.54, 1.807) is 0 Å². The zero-order chi connectivity index (χ0) is 18.7. The first-order valence-corrected chi connectivity index (χ1v) is 9.28. The van der Waals surface area contributed by atoms with Crippen LogP contribution in [0, 0.1) is 24.5 Å². The maximum absolute atomic E-state index is 13.7. The van der Waals surface area contributed by atoms with Crippen LogP contribution < -0.4 is 11.1 Å². The highest BCUT2D eigenvalue weighted by molar-refractivity contribution is 7.18. The van der Waals surface area contributed by atoms with Gasteiger partial charge in [-0.1, -0.05) is 11.3 Å². The standard InChI is InChI=1S/C17H21F2N5OS/c1-10-13(18)5-12(6-14(10)19)9-24-4-2-3-11(8-24)7-15(25)21-17-23-22-16(20)26-17/h5-6,11H,2-4,7-9H2,1H3,(H2,20,22)(H,21,23,25)/t11-/m0/s1. The molecule has 0 unspecified atom stereocenters. The first kappa shape index (κ1) is 18.7. The average molecular weight is 381 g/mol. The molecule has 1 atom stereocenters. The van der Waals surface area contributed by atoms with Crippen molar-refractivity contribution in [2.24, 2.45) is 5.92 Å². The lowest BCUT2D eigenvalue weighted by Gasteiger charge is -2.32. The van der Waals surface area contributed by atoms with Crippen LogP contribution in [0.2, 0.25) is 0 Å². The van der Waals surface area contributed by atoms with Crippen molar-refractivity contribution in [2.45, 2.75) is 32.7 Å². The lowest BCUT2D eigenvalue weighted by Crippen LogP contribution is -2.36. The second kappa shape index (κ2) is 8.05. The van der Waals surface area contributed by atoms with E-state index in [2.05, 4.69) is 20.4 Å². The van der Waals surface area contributed by atoms with Crippen LogP contribution in [-0.4, -0.2) is 34.1 Å². The molecule has 2 aromatic rings. The Morgan fingerprint density at radius 1 is 1.38 bits per heavy atom. The van der Waals surface area contributed by atoms with Gasteiger partial charge in [-0.15, -0.1) is 10.2 Å². The highest BCUT2D eigenvalue weighted by atomic mass is 32.1. The van der Waals surface area contributed by atoms with Crippen molar-refractivity contribution in [1.82, 2.24) is 15.1 Å². The van der Waals surface area contributed by atoms with Gasteiger partial charge in [0.05, 0.1) is 0 Å². The zero-order valence-corrected chi connectivity index (χ0v) is 15.3. The van der Waals surface area contributed by atoms with Gasteiger partial charge in [0.1, 0.15) is 11.6 Å². The number of benzene rings is 1. The van der Waals surface area contributed by atoms with Crippen LogP contribution in [0.25, 0.3) is 0 Å². The summed E-state index contributed by atoms with van der Waals surface area (Å²) >= 11 is 1.13. The zero-order valence-electron chi connectivity index (χ0n) is 14.5. The Kier molecular flexibility index (Phi) is 5.77. The molecule has 3 N–H and O–H groups in total. The van der Waals surface area contributed by atoms with E-state index in [0.717, 1.165) is 30.7 Å². The Morgan fingerprint density at radius 3 is 2.77 bits per heavy atom. The molecule has 0 saturated carbocycles. The minimum Gasteiger partial charge on any atom is -0.374 e. The van der Waals surface area contributed by atoms with Crippen molar-refractivity contribution in [3.63, 3.8) is 0 Å². The third-order valence-corrected chi connectivity index (χ3v) is 5.18. The van der Waals surface area contributed by atoms with Crippen LogP contribution in [0.3, 0.4) is 0 Å². The Morgan fingerprint density at radius 2 is 2.12 bits per heavy atom. The van der Waals surface area contributed by atoms with E-state index >= 15 is 0 Å². The van der Waals surface area contributed by atoms with E-state index < -0.39 is 11.6 Å². The van der Waals surface area contributed by atoms with Crippen LogP contribution in [-0.2, 0) is 11.3 Å². The molecule has 1 aliphatic rings. The fourth-order valence-corrected chi connectivity index (χ4v) is 3.75. The predicted molar refractivity (Wildman–Crippen MR) is 96.7 cm³/mol. The molecule has 1 saturated heterocycles. The number of carbonyl (C=O) groups excluding carboxylic acids is 1. The number of nitrogen functional groups attached to an aromatic ring is 1. The van der Waals surface area contributed by atoms with E-state index in [1.165, 1.54) is 19.1 Å². The predicted octanol–water partition coefficient (Wildman–Crippen LogP) is 2.95. The molecule has 6 nitrogen and oxygen atoms in total. The van der Waals surface area contributed by atoms with E-state index in [4.69, 9.17) is 5.73 Å². The second-order valence-electron chi connectivity index (χ2n) is 6.63. The van der Waals surface area contributed by atoms with Crippen molar-refractivity contribution < 1.29 is 13.6 Å². The number of nitrogens with zero attached hydrogens (tertiary/aromatic N) is 3. The highest BCUT2D eigenvalue weighted by Crippen LogP contribution is 2.24. The largest absolute Gasteiger partial charge is 0.374 e. The lowest BCUT2D eigenvalue weighted by atomic mass is 9.94. The van der Waals surface area contributed by atoms with Crippen LogP contribution in [0.15, 0.2) is 12.1 Å². The minimum absolute atomic E-state index is 0.0410. The van der Waals surface area contributed by atoms with Gasteiger partial charge in [-0.25, -0.2) is 8.78 Å². The molecule has 0 radical (unpaired) electrons. The number of halogens is 2. The van der Waals surface area contributed by atoms with Crippen molar-refractivity contribution in [1.29, 1.82) is 0 Å². The smallest absolute Gasteiger partial charge is 0.226 e. The summed E-state index contributed by atoms with van der Waals surface area (Å²) < 4.78 is 27.4. The highest BCUT2D eigenvalue weighted by Gasteiger charge is 2.23. The molecular weight excluding hydrogens is 360 g/mol. The Bertz CT molecular complexity index is 774. The Hall–Kier alpha value is -2.13. The summed E-state index contributed by atoms with van der Waals surface area (Å²) in [6.07, 6.45) is 2.26. The second-order valence-corrected chi connectivity index (χ2v) is 7.63. The fraction of sp³-hybridized carbons (Fsp3) is 0.471. The molecule has 0 spiro atoms. The quantitative estimate of drug-likeness (QED) is 0.832. The SMILES string of the molecule is Cc1c(F)cc(CN2CCC[C@@H](CC(=O)Nc3nnc(N)s3)C2)cc1F. The lowest BCUT2D eigenvalue weighted by molar-refractivity contribution is -0.117. The van der Waals surface area contributed by atoms with E-state index in [-0.39, 0.29) is 17.4 Å². The average Bonchev–Trinajstić information content (AvgIpc) is 2.97. The molecule has 2 heterocycles. The number of nitrogens with one attached hydrogen (secondary N) is 1. The molecular formula is C17H21F2N5OS. The molecule has 0 aliphatic carbocycles. The van der Waals surface area contributed by atoms with Gasteiger partial charge in [-0.3, -0.25) is 9.69 Å². The molecule has 1 aromatic carbocycles.